The fraction of sp³-hybridized carbons (Fsp3) is 0.444. The molecule has 0 aliphatic heterocycles. The molecule has 1 aromatic rings. The number of nitro groups is 1. The molecule has 0 bridgehead atoms. The summed E-state index contributed by atoms with van der Waals surface area (Å²) < 4.78 is 0. The number of halogens is 1. The van der Waals surface area contributed by atoms with Crippen molar-refractivity contribution in [3.8, 4) is 0 Å². The predicted molar refractivity (Wildman–Crippen MR) is 95.9 cm³/mol. The van der Waals surface area contributed by atoms with Gasteiger partial charge in [-0.1, -0.05) is 51.1 Å². The Labute approximate surface area is 142 Å². The van der Waals surface area contributed by atoms with E-state index in [0.717, 1.165) is 11.1 Å². The minimum atomic E-state index is -0.520. The van der Waals surface area contributed by atoms with Crippen LogP contribution in [0.4, 0.5) is 11.4 Å². The van der Waals surface area contributed by atoms with Crippen LogP contribution in [0.5, 0.6) is 0 Å². The maximum atomic E-state index is 11.3. The number of nitrogens with zero attached hydrogens (tertiary/aromatic N) is 1. The second-order valence-electron chi connectivity index (χ2n) is 7.28. The number of alkyl halides is 1. The molecule has 0 fully saturated rings. The van der Waals surface area contributed by atoms with Crippen LogP contribution in [0, 0.1) is 16.0 Å². The van der Waals surface area contributed by atoms with Crippen LogP contribution < -0.4 is 5.73 Å². The zero-order valence-corrected chi connectivity index (χ0v) is 14.7. The van der Waals surface area contributed by atoms with Gasteiger partial charge in [0.15, 0.2) is 0 Å². The molecular weight excluding hydrogens is 312 g/mol. The number of nitro benzene ring substituents is 1. The second-order valence-corrected chi connectivity index (χ2v) is 8.10. The van der Waals surface area contributed by atoms with Crippen LogP contribution in [-0.2, 0) is 11.8 Å². The first kappa shape index (κ1) is 17.5. The smallest absolute Gasteiger partial charge is 0.292 e. The standard InChI is InChI=1S/C18H23ClN2O2/c1-17(2,3)14-10-12(16(20)15(11-14)21(22)23)9-13-7-5-6-8-18(13,4)19/h5-8,10-11,13H,9,20H2,1-4H3. The van der Waals surface area contributed by atoms with Crippen LogP contribution in [0.15, 0.2) is 36.4 Å². The number of nitrogen functional groups attached to an aromatic ring is 1. The van der Waals surface area contributed by atoms with E-state index in [-0.39, 0.29) is 22.7 Å². The molecule has 0 radical (unpaired) electrons. The van der Waals surface area contributed by atoms with Crippen LogP contribution >= 0.6 is 11.6 Å². The SMILES string of the molecule is CC(C)(C)c1cc(CC2C=CC=CC2(C)Cl)c(N)c([N+](=O)[O-])c1. The highest BCUT2D eigenvalue weighted by molar-refractivity contribution is 6.25. The van der Waals surface area contributed by atoms with Crippen molar-refractivity contribution in [1.29, 1.82) is 0 Å². The summed E-state index contributed by atoms with van der Waals surface area (Å²) in [6, 6.07) is 3.55. The number of allylic oxidation sites excluding steroid dienone is 4. The fourth-order valence-corrected chi connectivity index (χ4v) is 2.93. The van der Waals surface area contributed by atoms with Gasteiger partial charge in [-0.3, -0.25) is 10.1 Å². The molecule has 2 atom stereocenters. The third-order valence-electron chi connectivity index (χ3n) is 4.35. The molecule has 0 aromatic heterocycles. The monoisotopic (exact) mass is 334 g/mol. The van der Waals surface area contributed by atoms with Gasteiger partial charge in [-0.2, -0.15) is 0 Å². The summed E-state index contributed by atoms with van der Waals surface area (Å²) in [5.74, 6) is 0.0336. The molecule has 0 heterocycles. The average molecular weight is 335 g/mol. The summed E-state index contributed by atoms with van der Waals surface area (Å²) in [7, 11) is 0. The Morgan fingerprint density at radius 2 is 2.00 bits per heavy atom. The summed E-state index contributed by atoms with van der Waals surface area (Å²) in [5.41, 5.74) is 7.77. The van der Waals surface area contributed by atoms with Gasteiger partial charge in [0.25, 0.3) is 5.69 Å². The predicted octanol–water partition coefficient (Wildman–Crippen LogP) is 4.76. The molecule has 1 aromatic carbocycles. The highest BCUT2D eigenvalue weighted by atomic mass is 35.5. The molecule has 2 unspecified atom stereocenters. The largest absolute Gasteiger partial charge is 0.393 e. The summed E-state index contributed by atoms with van der Waals surface area (Å²) in [6.07, 6.45) is 8.41. The molecule has 4 nitrogen and oxygen atoms in total. The first-order valence-corrected chi connectivity index (χ1v) is 8.02. The van der Waals surface area contributed by atoms with Crippen molar-refractivity contribution in [3.63, 3.8) is 0 Å². The van der Waals surface area contributed by atoms with Crippen molar-refractivity contribution in [3.05, 3.63) is 57.7 Å². The molecule has 23 heavy (non-hydrogen) atoms. The molecule has 124 valence electrons. The van der Waals surface area contributed by atoms with Crippen molar-refractivity contribution in [2.75, 3.05) is 5.73 Å². The normalized spacial score (nSPS) is 24.0. The van der Waals surface area contributed by atoms with E-state index in [9.17, 15) is 10.1 Å². The molecule has 2 N–H and O–H groups in total. The Hall–Kier alpha value is -1.81. The number of nitrogens with two attached hydrogens (primary N) is 1. The summed E-state index contributed by atoms with van der Waals surface area (Å²) in [5, 5.41) is 11.3. The zero-order chi connectivity index (χ0) is 17.4. The Kier molecular flexibility index (Phi) is 4.58. The lowest BCUT2D eigenvalue weighted by molar-refractivity contribution is -0.384. The van der Waals surface area contributed by atoms with Gasteiger partial charge in [-0.05, 0) is 29.9 Å². The molecule has 0 saturated heterocycles. The third-order valence-corrected chi connectivity index (χ3v) is 4.75. The fourth-order valence-electron chi connectivity index (χ4n) is 2.71. The number of benzene rings is 1. The van der Waals surface area contributed by atoms with Crippen LogP contribution in [0.2, 0.25) is 0 Å². The van der Waals surface area contributed by atoms with Crippen LogP contribution in [0.25, 0.3) is 0 Å². The van der Waals surface area contributed by atoms with Gasteiger partial charge >= 0.3 is 0 Å². The molecule has 0 saturated carbocycles. The van der Waals surface area contributed by atoms with Crippen molar-refractivity contribution in [1.82, 2.24) is 0 Å². The maximum Gasteiger partial charge on any atom is 0.292 e. The molecule has 5 heteroatoms. The maximum absolute atomic E-state index is 11.3. The van der Waals surface area contributed by atoms with E-state index in [4.69, 9.17) is 17.3 Å². The Bertz CT molecular complexity index is 685. The summed E-state index contributed by atoms with van der Waals surface area (Å²) in [4.78, 5) is 10.4. The molecule has 0 spiro atoms. The minimum absolute atomic E-state index is 0.0287. The van der Waals surface area contributed by atoms with E-state index < -0.39 is 9.80 Å². The lowest BCUT2D eigenvalue weighted by atomic mass is 9.81. The number of hydrogen-bond donors (Lipinski definition) is 1. The first-order valence-electron chi connectivity index (χ1n) is 7.64. The lowest BCUT2D eigenvalue weighted by Crippen LogP contribution is -2.28. The zero-order valence-electron chi connectivity index (χ0n) is 14.0. The molecule has 0 amide bonds. The first-order chi connectivity index (χ1) is 10.5. The number of anilines is 1. The lowest BCUT2D eigenvalue weighted by Gasteiger charge is -2.30. The summed E-state index contributed by atoms with van der Waals surface area (Å²) >= 11 is 6.56. The van der Waals surface area contributed by atoms with Crippen molar-refractivity contribution in [2.45, 2.75) is 44.4 Å². The van der Waals surface area contributed by atoms with Crippen molar-refractivity contribution in [2.24, 2.45) is 5.92 Å². The van der Waals surface area contributed by atoms with Gasteiger partial charge in [0, 0.05) is 12.0 Å². The highest BCUT2D eigenvalue weighted by Crippen LogP contribution is 2.38. The molecular formula is C18H23ClN2O2. The van der Waals surface area contributed by atoms with Crippen molar-refractivity contribution < 1.29 is 4.92 Å². The second kappa shape index (κ2) is 6.00. The Morgan fingerprint density at radius 1 is 1.35 bits per heavy atom. The summed E-state index contributed by atoms with van der Waals surface area (Å²) in [6.45, 7) is 8.03. The number of hydrogen-bond acceptors (Lipinski definition) is 3. The average Bonchev–Trinajstić information content (AvgIpc) is 2.41. The van der Waals surface area contributed by atoms with Gasteiger partial charge in [-0.25, -0.2) is 0 Å². The van der Waals surface area contributed by atoms with Crippen LogP contribution in [-0.4, -0.2) is 9.80 Å². The van der Waals surface area contributed by atoms with E-state index in [1.54, 1.807) is 6.07 Å². The van der Waals surface area contributed by atoms with Crippen molar-refractivity contribution >= 4 is 23.0 Å². The highest BCUT2D eigenvalue weighted by Gasteiger charge is 2.31. The molecule has 1 aliphatic carbocycles. The van der Waals surface area contributed by atoms with E-state index in [1.165, 1.54) is 0 Å². The third kappa shape index (κ3) is 3.75. The molecule has 2 rings (SSSR count). The minimum Gasteiger partial charge on any atom is -0.393 e. The van der Waals surface area contributed by atoms with Gasteiger partial charge in [0.2, 0.25) is 0 Å². The number of rotatable bonds is 3. The van der Waals surface area contributed by atoms with E-state index >= 15 is 0 Å². The van der Waals surface area contributed by atoms with Gasteiger partial charge in [0.1, 0.15) is 5.69 Å². The Balaban J connectivity index is 2.49. The van der Waals surface area contributed by atoms with E-state index in [2.05, 4.69) is 0 Å². The van der Waals surface area contributed by atoms with E-state index in [0.29, 0.717) is 6.42 Å². The molecule has 1 aliphatic rings. The van der Waals surface area contributed by atoms with Gasteiger partial charge in [-0.15, -0.1) is 11.6 Å². The van der Waals surface area contributed by atoms with Gasteiger partial charge < -0.3 is 5.73 Å². The van der Waals surface area contributed by atoms with E-state index in [1.807, 2.05) is 58.1 Å². The quantitative estimate of drug-likeness (QED) is 0.375. The van der Waals surface area contributed by atoms with Gasteiger partial charge in [0.05, 0.1) is 9.80 Å². The van der Waals surface area contributed by atoms with Crippen LogP contribution in [0.3, 0.4) is 0 Å². The van der Waals surface area contributed by atoms with Crippen LogP contribution in [0.1, 0.15) is 38.8 Å². The Morgan fingerprint density at radius 3 is 2.52 bits per heavy atom. The topological polar surface area (TPSA) is 69.2 Å².